The van der Waals surface area contributed by atoms with Crippen LogP contribution in [0, 0.1) is 0 Å². The highest BCUT2D eigenvalue weighted by atomic mass is 15.1. The molecular weight excluding hydrogens is 771 g/mol. The van der Waals surface area contributed by atoms with Crippen LogP contribution in [0.15, 0.2) is 261 Å². The number of hydrogen-bond acceptors (Lipinski definition) is 1. The summed E-state index contributed by atoms with van der Waals surface area (Å²) in [5, 5.41) is 4.90. The number of hydrogen-bond donors (Lipinski definition) is 0. The largest absolute Gasteiger partial charge is 0.310 e. The molecule has 0 saturated carbocycles. The molecule has 0 spiro atoms. The molecule has 0 fully saturated rings. The second kappa shape index (κ2) is 15.6. The monoisotopic (exact) mass is 813 g/mol. The smallest absolute Gasteiger partial charge is 0.0714 e. The Bertz CT molecular complexity index is 3380. The molecule has 300 valence electrons. The molecule has 0 radical (unpaired) electrons. The highest BCUT2D eigenvalue weighted by molar-refractivity contribution is 6.14. The molecule has 12 rings (SSSR count). The molecule has 0 heterocycles. The summed E-state index contributed by atoms with van der Waals surface area (Å²) in [5.41, 5.74) is 17.6. The summed E-state index contributed by atoms with van der Waals surface area (Å²) in [5.74, 6) is 0. The van der Waals surface area contributed by atoms with Gasteiger partial charge in [-0.15, -0.1) is 0 Å². The van der Waals surface area contributed by atoms with Gasteiger partial charge in [-0.2, -0.15) is 0 Å². The average Bonchev–Trinajstić information content (AvgIpc) is 3.68. The van der Waals surface area contributed by atoms with Crippen molar-refractivity contribution < 1.29 is 0 Å². The average molecular weight is 814 g/mol. The Morgan fingerprint density at radius 1 is 0.266 bits per heavy atom. The van der Waals surface area contributed by atoms with Gasteiger partial charge in [-0.05, 0) is 131 Å². The van der Waals surface area contributed by atoms with Crippen LogP contribution in [0.25, 0.3) is 66.1 Å². The summed E-state index contributed by atoms with van der Waals surface area (Å²) in [7, 11) is 0. The molecule has 11 aromatic rings. The summed E-state index contributed by atoms with van der Waals surface area (Å²) in [6.45, 7) is 0. The molecule has 1 heteroatoms. The highest BCUT2D eigenvalue weighted by Crippen LogP contribution is 2.57. The SMILES string of the molecule is c1ccc(-c2cc(-c3ccccc3)cc(-c3ccc(N(c4cccc(C5(c6ccccc6)c6ccccc6-c6ccccc65)c4)c4cc5ccccc5c5ccccc45)cc3)c2)cc1. The molecule has 0 unspecified atom stereocenters. The number of benzene rings is 11. The van der Waals surface area contributed by atoms with Crippen LogP contribution in [-0.4, -0.2) is 0 Å². The Hall–Kier alpha value is -8.26. The van der Waals surface area contributed by atoms with Crippen molar-refractivity contribution in [3.8, 4) is 44.5 Å². The molecule has 0 amide bonds. The van der Waals surface area contributed by atoms with E-state index in [0.29, 0.717) is 0 Å². The normalized spacial score (nSPS) is 12.5. The Kier molecular flexibility index (Phi) is 9.13. The van der Waals surface area contributed by atoms with E-state index in [9.17, 15) is 0 Å². The van der Waals surface area contributed by atoms with Crippen LogP contribution in [0.2, 0.25) is 0 Å². The van der Waals surface area contributed by atoms with E-state index in [0.717, 1.165) is 22.6 Å². The van der Waals surface area contributed by atoms with Gasteiger partial charge in [-0.25, -0.2) is 0 Å². The van der Waals surface area contributed by atoms with Crippen molar-refractivity contribution in [3.05, 3.63) is 283 Å². The maximum Gasteiger partial charge on any atom is 0.0714 e. The topological polar surface area (TPSA) is 3.24 Å². The van der Waals surface area contributed by atoms with Crippen molar-refractivity contribution in [2.24, 2.45) is 0 Å². The first-order chi connectivity index (χ1) is 31.7. The first-order valence-electron chi connectivity index (χ1n) is 22.2. The van der Waals surface area contributed by atoms with Crippen LogP contribution >= 0.6 is 0 Å². The van der Waals surface area contributed by atoms with Gasteiger partial charge in [0, 0.05) is 16.8 Å². The lowest BCUT2D eigenvalue weighted by molar-refractivity contribution is 0.768. The van der Waals surface area contributed by atoms with E-state index in [1.54, 1.807) is 0 Å². The lowest BCUT2D eigenvalue weighted by Gasteiger charge is -2.35. The number of fused-ring (bicyclic) bond motifs is 6. The number of anilines is 3. The van der Waals surface area contributed by atoms with Gasteiger partial charge in [0.1, 0.15) is 0 Å². The van der Waals surface area contributed by atoms with E-state index in [2.05, 4.69) is 266 Å². The number of rotatable bonds is 8. The summed E-state index contributed by atoms with van der Waals surface area (Å²) in [6.07, 6.45) is 0. The molecule has 0 N–H and O–H groups in total. The minimum absolute atomic E-state index is 0.522. The third-order valence-corrected chi connectivity index (χ3v) is 13.3. The van der Waals surface area contributed by atoms with E-state index < -0.39 is 5.41 Å². The first kappa shape index (κ1) is 37.5. The quantitative estimate of drug-likeness (QED) is 0.138. The van der Waals surface area contributed by atoms with E-state index in [4.69, 9.17) is 0 Å². The van der Waals surface area contributed by atoms with Crippen molar-refractivity contribution in [1.82, 2.24) is 0 Å². The van der Waals surface area contributed by atoms with Crippen molar-refractivity contribution in [1.29, 1.82) is 0 Å². The first-order valence-corrected chi connectivity index (χ1v) is 22.2. The van der Waals surface area contributed by atoms with Crippen LogP contribution in [-0.2, 0) is 5.41 Å². The van der Waals surface area contributed by atoms with E-state index >= 15 is 0 Å². The predicted molar refractivity (Wildman–Crippen MR) is 270 cm³/mol. The summed E-state index contributed by atoms with van der Waals surface area (Å²) >= 11 is 0. The molecule has 1 nitrogen and oxygen atoms in total. The minimum Gasteiger partial charge on any atom is -0.310 e. The molecule has 0 aliphatic heterocycles. The van der Waals surface area contributed by atoms with E-state index in [1.807, 2.05) is 0 Å². The number of nitrogens with zero attached hydrogens (tertiary/aromatic N) is 1. The maximum atomic E-state index is 2.48. The molecular formula is C63H43N. The highest BCUT2D eigenvalue weighted by Gasteiger charge is 2.46. The van der Waals surface area contributed by atoms with Gasteiger partial charge < -0.3 is 4.90 Å². The fraction of sp³-hybridized carbons (Fsp3) is 0.0159. The summed E-state index contributed by atoms with van der Waals surface area (Å²) in [6, 6.07) is 95.9. The Labute approximate surface area is 374 Å². The molecule has 0 atom stereocenters. The zero-order chi connectivity index (χ0) is 42.5. The molecule has 1 aliphatic carbocycles. The third kappa shape index (κ3) is 6.16. The van der Waals surface area contributed by atoms with Gasteiger partial charge >= 0.3 is 0 Å². The van der Waals surface area contributed by atoms with Crippen LogP contribution in [0.1, 0.15) is 22.3 Å². The van der Waals surface area contributed by atoms with Gasteiger partial charge in [0.2, 0.25) is 0 Å². The Morgan fingerprint density at radius 3 is 1.34 bits per heavy atom. The zero-order valence-corrected chi connectivity index (χ0v) is 35.3. The van der Waals surface area contributed by atoms with Crippen LogP contribution < -0.4 is 4.90 Å². The fourth-order valence-corrected chi connectivity index (χ4v) is 10.4. The van der Waals surface area contributed by atoms with E-state index in [-0.39, 0.29) is 0 Å². The van der Waals surface area contributed by atoms with Crippen molar-refractivity contribution in [3.63, 3.8) is 0 Å². The molecule has 64 heavy (non-hydrogen) atoms. The maximum absolute atomic E-state index is 2.48. The summed E-state index contributed by atoms with van der Waals surface area (Å²) < 4.78 is 0. The molecule has 11 aromatic carbocycles. The Balaban J connectivity index is 1.07. The minimum atomic E-state index is -0.522. The second-order valence-corrected chi connectivity index (χ2v) is 16.8. The van der Waals surface area contributed by atoms with Gasteiger partial charge in [0.25, 0.3) is 0 Å². The van der Waals surface area contributed by atoms with Gasteiger partial charge in [0.05, 0.1) is 11.1 Å². The van der Waals surface area contributed by atoms with Gasteiger partial charge in [-0.1, -0.05) is 212 Å². The predicted octanol–water partition coefficient (Wildman–Crippen LogP) is 16.8. The Morgan fingerprint density at radius 2 is 0.734 bits per heavy atom. The van der Waals surface area contributed by atoms with Crippen LogP contribution in [0.3, 0.4) is 0 Å². The molecule has 1 aliphatic rings. The van der Waals surface area contributed by atoms with Gasteiger partial charge in [0.15, 0.2) is 0 Å². The lowest BCUT2D eigenvalue weighted by Crippen LogP contribution is -2.28. The molecule has 0 aromatic heterocycles. The molecule has 0 bridgehead atoms. The van der Waals surface area contributed by atoms with Crippen molar-refractivity contribution >= 4 is 38.6 Å². The zero-order valence-electron chi connectivity index (χ0n) is 35.3. The summed E-state index contributed by atoms with van der Waals surface area (Å²) in [4.78, 5) is 2.48. The standard InChI is InChI=1S/C63H43N/c1-4-19-44(20-5-1)48-39-49(45-21-6-2-7-22-45)41-50(40-48)46-35-37-53(38-36-46)64(62-42-47-23-10-11-28-55(47)56-29-12-13-32-59(56)62)54-27-18-26-52(43-54)63(51-24-8-3-9-25-51)60-33-16-14-30-57(60)58-31-15-17-34-61(58)63/h1-43H. The molecule has 0 saturated heterocycles. The van der Waals surface area contributed by atoms with E-state index in [1.165, 1.54) is 82.7 Å². The lowest BCUT2D eigenvalue weighted by atomic mass is 9.67. The van der Waals surface area contributed by atoms with Crippen molar-refractivity contribution in [2.75, 3.05) is 4.90 Å². The van der Waals surface area contributed by atoms with Gasteiger partial charge in [-0.3, -0.25) is 0 Å². The third-order valence-electron chi connectivity index (χ3n) is 13.3. The van der Waals surface area contributed by atoms with Crippen LogP contribution in [0.5, 0.6) is 0 Å². The van der Waals surface area contributed by atoms with Crippen molar-refractivity contribution in [2.45, 2.75) is 5.41 Å². The van der Waals surface area contributed by atoms with Crippen LogP contribution in [0.4, 0.5) is 17.1 Å². The second-order valence-electron chi connectivity index (χ2n) is 16.8. The fourth-order valence-electron chi connectivity index (χ4n) is 10.4.